The Hall–Kier alpha value is -2.25. The van der Waals surface area contributed by atoms with E-state index < -0.39 is 27.4 Å². The summed E-state index contributed by atoms with van der Waals surface area (Å²) >= 11 is 12.0. The van der Waals surface area contributed by atoms with Crippen molar-refractivity contribution in [1.82, 2.24) is 0 Å². The van der Waals surface area contributed by atoms with Crippen molar-refractivity contribution in [3.05, 3.63) is 40.2 Å². The number of anilines is 1. The number of carbonyl (C=O) groups is 2. The third kappa shape index (κ3) is 3.89. The molecule has 1 heterocycles. The second kappa shape index (κ2) is 7.05. The van der Waals surface area contributed by atoms with E-state index in [0.29, 0.717) is 23.1 Å². The highest BCUT2D eigenvalue weighted by Gasteiger charge is 2.69. The zero-order chi connectivity index (χ0) is 19.8. The van der Waals surface area contributed by atoms with Gasteiger partial charge in [-0.05, 0) is 26.0 Å². The number of esters is 1. The van der Waals surface area contributed by atoms with Crippen LogP contribution in [0.4, 0.5) is 10.5 Å². The van der Waals surface area contributed by atoms with Gasteiger partial charge in [0.2, 0.25) is 0 Å². The van der Waals surface area contributed by atoms with Crippen LogP contribution in [0.25, 0.3) is 11.0 Å². The lowest BCUT2D eigenvalue weighted by atomic mass is 10.1. The summed E-state index contributed by atoms with van der Waals surface area (Å²) < 4.78 is 14.1. The molecular weight excluding hydrogens is 397 g/mol. The molecule has 0 radical (unpaired) electrons. The summed E-state index contributed by atoms with van der Waals surface area (Å²) in [6.07, 6.45) is -0.310. The smallest absolute Gasteiger partial charge is 0.411 e. The molecule has 3 rings (SSSR count). The van der Waals surface area contributed by atoms with Crippen LogP contribution in [0.2, 0.25) is 0 Å². The van der Waals surface area contributed by atoms with Crippen molar-refractivity contribution >= 4 is 51.9 Å². The third-order valence-electron chi connectivity index (χ3n) is 4.42. The van der Waals surface area contributed by atoms with Crippen LogP contribution in [-0.4, -0.2) is 23.0 Å². The molecule has 1 aromatic heterocycles. The van der Waals surface area contributed by atoms with E-state index in [1.165, 1.54) is 12.1 Å². The second-order valence-electron chi connectivity index (χ2n) is 6.44. The monoisotopic (exact) mass is 413 g/mol. The van der Waals surface area contributed by atoms with Gasteiger partial charge in [-0.1, -0.05) is 0 Å². The van der Waals surface area contributed by atoms with Crippen molar-refractivity contribution in [2.75, 3.05) is 11.9 Å². The van der Waals surface area contributed by atoms with Gasteiger partial charge < -0.3 is 13.9 Å². The largest absolute Gasteiger partial charge is 0.460 e. The number of ether oxygens (including phenoxy) is 2. The third-order valence-corrected chi connectivity index (χ3v) is 5.52. The van der Waals surface area contributed by atoms with Gasteiger partial charge >= 0.3 is 17.7 Å². The first-order chi connectivity index (χ1) is 12.7. The van der Waals surface area contributed by atoms with E-state index in [4.69, 9.17) is 37.1 Å². The Labute approximate surface area is 164 Å². The molecule has 0 saturated heterocycles. The summed E-state index contributed by atoms with van der Waals surface area (Å²) in [5.74, 6) is -0.533. The first-order valence-corrected chi connectivity index (χ1v) is 8.97. The Morgan fingerprint density at radius 1 is 1.26 bits per heavy atom. The normalized spacial score (nSPS) is 20.1. The number of nitrogens with one attached hydrogen (secondary N) is 1. The molecule has 1 aromatic carbocycles. The first kappa shape index (κ1) is 19.5. The van der Waals surface area contributed by atoms with Crippen LogP contribution in [0.1, 0.15) is 25.8 Å². The van der Waals surface area contributed by atoms with Gasteiger partial charge in [-0.3, -0.25) is 10.1 Å². The van der Waals surface area contributed by atoms with Gasteiger partial charge in [0.25, 0.3) is 0 Å². The average molecular weight is 414 g/mol. The molecule has 144 valence electrons. The summed E-state index contributed by atoms with van der Waals surface area (Å²) in [5, 5.41) is 3.09. The summed E-state index contributed by atoms with van der Waals surface area (Å²) in [7, 11) is 0. The van der Waals surface area contributed by atoms with Crippen LogP contribution in [-0.2, 0) is 20.9 Å². The molecule has 27 heavy (non-hydrogen) atoms. The number of fused-ring (bicyclic) bond motifs is 1. The van der Waals surface area contributed by atoms with Crippen molar-refractivity contribution in [2.24, 2.45) is 5.41 Å². The van der Waals surface area contributed by atoms with Crippen LogP contribution in [0.5, 0.6) is 0 Å². The minimum atomic E-state index is -1.13. The Kier molecular flexibility index (Phi) is 5.10. The van der Waals surface area contributed by atoms with Crippen LogP contribution in [0.3, 0.4) is 0 Å². The lowest BCUT2D eigenvalue weighted by molar-refractivity contribution is -0.150. The number of hydrogen-bond donors (Lipinski definition) is 1. The number of halogens is 2. The van der Waals surface area contributed by atoms with Crippen LogP contribution in [0.15, 0.2) is 33.5 Å². The first-order valence-electron chi connectivity index (χ1n) is 8.22. The molecule has 2 aromatic rings. The Balaban J connectivity index is 1.80. The molecule has 0 spiro atoms. The molecule has 1 amide bonds. The van der Waals surface area contributed by atoms with Crippen molar-refractivity contribution < 1.29 is 23.5 Å². The van der Waals surface area contributed by atoms with E-state index in [2.05, 4.69) is 5.32 Å². The van der Waals surface area contributed by atoms with Gasteiger partial charge in [-0.25, -0.2) is 9.59 Å². The van der Waals surface area contributed by atoms with Gasteiger partial charge in [0, 0.05) is 35.2 Å². The average Bonchev–Trinajstić information content (AvgIpc) is 3.11. The van der Waals surface area contributed by atoms with Crippen molar-refractivity contribution in [1.29, 1.82) is 0 Å². The number of rotatable bonds is 5. The Morgan fingerprint density at radius 3 is 2.59 bits per heavy atom. The van der Waals surface area contributed by atoms with E-state index in [1.807, 2.05) is 0 Å². The molecule has 1 aliphatic rings. The summed E-state index contributed by atoms with van der Waals surface area (Å²) in [6, 6.07) is 6.01. The second-order valence-corrected chi connectivity index (χ2v) is 7.92. The van der Waals surface area contributed by atoms with E-state index in [-0.39, 0.29) is 18.8 Å². The highest BCUT2D eigenvalue weighted by molar-refractivity contribution is 6.53. The molecule has 1 fully saturated rings. The molecule has 0 unspecified atom stereocenters. The minimum absolute atomic E-state index is 0.134. The number of hydrogen-bond acceptors (Lipinski definition) is 6. The number of benzene rings is 1. The highest BCUT2D eigenvalue weighted by atomic mass is 35.5. The fourth-order valence-electron chi connectivity index (χ4n) is 2.64. The standard InChI is InChI=1S/C18H17Cl2NO6/c1-3-25-16(24)21-11-4-5-12-10(6-14(22)27-13(12)7-11)8-26-15(23)17(2)9-18(17,19)20/h4-7H,3,8-9H2,1-2H3,(H,21,24)/t17-/m0/s1. The minimum Gasteiger partial charge on any atom is -0.460 e. The summed E-state index contributed by atoms with van der Waals surface area (Å²) in [5.41, 5.74) is -0.454. The summed E-state index contributed by atoms with van der Waals surface area (Å²) in [6.45, 7) is 3.41. The fourth-order valence-corrected chi connectivity index (χ4v) is 3.32. The van der Waals surface area contributed by atoms with Crippen molar-refractivity contribution in [3.63, 3.8) is 0 Å². The number of alkyl halides is 2. The predicted octanol–water partition coefficient (Wildman–Crippen LogP) is 3.99. The maximum atomic E-state index is 12.2. The van der Waals surface area contributed by atoms with E-state index in [0.717, 1.165) is 0 Å². The zero-order valence-corrected chi connectivity index (χ0v) is 16.1. The van der Waals surface area contributed by atoms with Crippen LogP contribution < -0.4 is 10.9 Å². The van der Waals surface area contributed by atoms with Crippen molar-refractivity contribution in [2.45, 2.75) is 31.2 Å². The van der Waals surface area contributed by atoms with Gasteiger partial charge in [0.15, 0.2) is 0 Å². The topological polar surface area (TPSA) is 94.8 Å². The quantitative estimate of drug-likeness (QED) is 0.452. The zero-order valence-electron chi connectivity index (χ0n) is 14.6. The SMILES string of the molecule is CCOC(=O)Nc1ccc2c(COC(=O)[C@]3(C)CC3(Cl)Cl)cc(=O)oc2c1. The van der Waals surface area contributed by atoms with Gasteiger partial charge in [0.05, 0.1) is 6.61 Å². The van der Waals surface area contributed by atoms with Crippen LogP contribution >= 0.6 is 23.2 Å². The molecule has 1 aliphatic carbocycles. The molecule has 0 bridgehead atoms. The Morgan fingerprint density at radius 2 is 1.96 bits per heavy atom. The Bertz CT molecular complexity index is 970. The van der Waals surface area contributed by atoms with E-state index in [1.54, 1.807) is 26.0 Å². The number of amides is 1. The maximum Gasteiger partial charge on any atom is 0.411 e. The van der Waals surface area contributed by atoms with Gasteiger partial charge in [-0.15, -0.1) is 23.2 Å². The fraction of sp³-hybridized carbons (Fsp3) is 0.389. The molecule has 1 saturated carbocycles. The predicted molar refractivity (Wildman–Crippen MR) is 100 cm³/mol. The highest BCUT2D eigenvalue weighted by Crippen LogP contribution is 2.64. The van der Waals surface area contributed by atoms with Gasteiger partial charge in [0.1, 0.15) is 21.9 Å². The molecule has 0 aliphatic heterocycles. The lowest BCUT2D eigenvalue weighted by Crippen LogP contribution is -2.21. The molecule has 1 N–H and O–H groups in total. The number of carbonyl (C=O) groups excluding carboxylic acids is 2. The van der Waals surface area contributed by atoms with Gasteiger partial charge in [-0.2, -0.15) is 0 Å². The molecule has 9 heteroatoms. The molecule has 7 nitrogen and oxygen atoms in total. The maximum absolute atomic E-state index is 12.2. The van der Waals surface area contributed by atoms with E-state index >= 15 is 0 Å². The van der Waals surface area contributed by atoms with Crippen LogP contribution in [0, 0.1) is 5.41 Å². The summed E-state index contributed by atoms with van der Waals surface area (Å²) in [4.78, 5) is 35.6. The van der Waals surface area contributed by atoms with Crippen molar-refractivity contribution in [3.8, 4) is 0 Å². The lowest BCUT2D eigenvalue weighted by Gasteiger charge is -2.13. The molecular formula is C18H17Cl2NO6. The molecule has 1 atom stereocenters. The van der Waals surface area contributed by atoms with E-state index in [9.17, 15) is 14.4 Å².